The van der Waals surface area contributed by atoms with Crippen LogP contribution in [-0.4, -0.2) is 69.3 Å². The van der Waals surface area contributed by atoms with Crippen LogP contribution in [0.1, 0.15) is 12.8 Å². The number of rotatable bonds is 5. The summed E-state index contributed by atoms with van der Waals surface area (Å²) in [6, 6.07) is 0.302. The minimum Gasteiger partial charge on any atom is -0.382 e. The maximum atomic E-state index is 12.5. The first kappa shape index (κ1) is 16.5. The van der Waals surface area contributed by atoms with Crippen LogP contribution < -0.4 is 10.6 Å². The van der Waals surface area contributed by atoms with Crippen molar-refractivity contribution >= 4 is 32.4 Å². The molecule has 1 unspecified atom stereocenters. The number of hydrogen-bond acceptors (Lipinski definition) is 7. The van der Waals surface area contributed by atoms with Crippen LogP contribution in [0.5, 0.6) is 0 Å². The predicted octanol–water partition coefficient (Wildman–Crippen LogP) is 0.506. The fraction of sp³-hybridized carbons (Fsp3) is 0.750. The quantitative estimate of drug-likeness (QED) is 0.845. The van der Waals surface area contributed by atoms with E-state index in [0.717, 1.165) is 25.9 Å². The van der Waals surface area contributed by atoms with Gasteiger partial charge in [0.05, 0.1) is 0 Å². The minimum absolute atomic E-state index is 0.0965. The molecule has 0 saturated carbocycles. The lowest BCUT2D eigenvalue weighted by Crippen LogP contribution is -2.38. The molecule has 1 atom stereocenters. The molecule has 0 aromatic carbocycles. The molecule has 7 nitrogen and oxygen atoms in total. The zero-order valence-electron chi connectivity index (χ0n) is 12.9. The number of anilines is 2. The van der Waals surface area contributed by atoms with E-state index in [9.17, 15) is 8.42 Å². The van der Waals surface area contributed by atoms with Crippen molar-refractivity contribution in [3.63, 3.8) is 0 Å². The first-order chi connectivity index (χ1) is 9.75. The lowest BCUT2D eigenvalue weighted by molar-refractivity contribution is 0.372. The SMILES string of the molecule is CN(C)CC1CCCN1c1snc(N)c1S(=O)(=O)N(C)C. The molecule has 0 radical (unpaired) electrons. The van der Waals surface area contributed by atoms with Gasteiger partial charge in [0.15, 0.2) is 10.7 Å². The van der Waals surface area contributed by atoms with Crippen LogP contribution in [0.25, 0.3) is 0 Å². The number of nitrogen functional groups attached to an aromatic ring is 1. The van der Waals surface area contributed by atoms with Gasteiger partial charge in [-0.3, -0.25) is 0 Å². The zero-order chi connectivity index (χ0) is 15.8. The molecule has 0 spiro atoms. The van der Waals surface area contributed by atoms with E-state index in [4.69, 9.17) is 5.73 Å². The number of nitrogens with zero attached hydrogens (tertiary/aromatic N) is 4. The first-order valence-electron chi connectivity index (χ1n) is 6.84. The third kappa shape index (κ3) is 3.15. The Balaban J connectivity index is 2.42. The van der Waals surface area contributed by atoms with E-state index >= 15 is 0 Å². The maximum absolute atomic E-state index is 12.5. The molecule has 1 aromatic heterocycles. The summed E-state index contributed by atoms with van der Waals surface area (Å²) in [6.07, 6.45) is 2.11. The monoisotopic (exact) mass is 333 g/mol. The highest BCUT2D eigenvalue weighted by Gasteiger charge is 2.35. The summed E-state index contributed by atoms with van der Waals surface area (Å²) in [5, 5.41) is 0.672. The lowest BCUT2D eigenvalue weighted by atomic mass is 10.2. The summed E-state index contributed by atoms with van der Waals surface area (Å²) in [5.74, 6) is 0.0965. The van der Waals surface area contributed by atoms with Gasteiger partial charge in [-0.2, -0.15) is 4.37 Å². The van der Waals surface area contributed by atoms with Crippen LogP contribution in [0, 0.1) is 0 Å². The van der Waals surface area contributed by atoms with Gasteiger partial charge in [-0.1, -0.05) is 0 Å². The Labute approximate surface area is 130 Å². The molecule has 120 valence electrons. The van der Waals surface area contributed by atoms with Gasteiger partial charge in [-0.25, -0.2) is 12.7 Å². The van der Waals surface area contributed by atoms with Gasteiger partial charge >= 0.3 is 0 Å². The van der Waals surface area contributed by atoms with Crippen LogP contribution in [0.2, 0.25) is 0 Å². The maximum Gasteiger partial charge on any atom is 0.249 e. The Hall–Kier alpha value is -0.900. The molecule has 2 heterocycles. The van der Waals surface area contributed by atoms with Crippen molar-refractivity contribution in [2.45, 2.75) is 23.8 Å². The molecule has 1 fully saturated rings. The summed E-state index contributed by atoms with van der Waals surface area (Å²) < 4.78 is 30.3. The smallest absolute Gasteiger partial charge is 0.249 e. The summed E-state index contributed by atoms with van der Waals surface area (Å²) >= 11 is 1.18. The van der Waals surface area contributed by atoms with Crippen molar-refractivity contribution in [3.05, 3.63) is 0 Å². The zero-order valence-corrected chi connectivity index (χ0v) is 14.5. The van der Waals surface area contributed by atoms with Gasteiger partial charge < -0.3 is 15.5 Å². The van der Waals surface area contributed by atoms with Crippen molar-refractivity contribution in [1.29, 1.82) is 0 Å². The number of sulfonamides is 1. The Bertz CT molecular complexity index is 597. The summed E-state index contributed by atoms with van der Waals surface area (Å²) in [4.78, 5) is 4.42. The molecule has 9 heteroatoms. The molecule has 0 bridgehead atoms. The average Bonchev–Trinajstić information content (AvgIpc) is 2.94. The highest BCUT2D eigenvalue weighted by molar-refractivity contribution is 7.89. The van der Waals surface area contributed by atoms with Gasteiger partial charge in [0.2, 0.25) is 10.0 Å². The van der Waals surface area contributed by atoms with E-state index in [-0.39, 0.29) is 10.7 Å². The second-order valence-electron chi connectivity index (χ2n) is 5.74. The fourth-order valence-electron chi connectivity index (χ4n) is 2.61. The standard InChI is InChI=1S/C12H23N5O2S2/c1-15(2)8-9-6-5-7-17(9)12-10(11(13)14-20-12)21(18,19)16(3)4/h9H,5-8H2,1-4H3,(H2,13,14). The molecule has 1 aliphatic heterocycles. The van der Waals surface area contributed by atoms with Crippen molar-refractivity contribution in [3.8, 4) is 0 Å². The summed E-state index contributed by atoms with van der Waals surface area (Å²) in [5.41, 5.74) is 5.84. The van der Waals surface area contributed by atoms with Crippen molar-refractivity contribution < 1.29 is 8.42 Å². The van der Waals surface area contributed by atoms with E-state index in [1.165, 1.54) is 29.9 Å². The van der Waals surface area contributed by atoms with Crippen LogP contribution in [0.15, 0.2) is 4.90 Å². The van der Waals surface area contributed by atoms with Crippen LogP contribution in [0.4, 0.5) is 10.8 Å². The van der Waals surface area contributed by atoms with E-state index in [1.807, 2.05) is 14.1 Å². The van der Waals surface area contributed by atoms with Crippen LogP contribution in [-0.2, 0) is 10.0 Å². The number of nitrogens with two attached hydrogens (primary N) is 1. The minimum atomic E-state index is -3.58. The van der Waals surface area contributed by atoms with Crippen LogP contribution in [0.3, 0.4) is 0 Å². The Morgan fingerprint density at radius 3 is 2.62 bits per heavy atom. The highest BCUT2D eigenvalue weighted by atomic mass is 32.2. The number of likely N-dealkylation sites (N-methyl/N-ethyl adjacent to an activating group) is 1. The van der Waals surface area contributed by atoms with Gasteiger partial charge in [0.1, 0.15) is 5.00 Å². The lowest BCUT2D eigenvalue weighted by Gasteiger charge is -2.28. The van der Waals surface area contributed by atoms with Crippen molar-refractivity contribution in [2.75, 3.05) is 51.9 Å². The third-order valence-corrected chi connectivity index (χ3v) is 6.52. The molecule has 2 N–H and O–H groups in total. The van der Waals surface area contributed by atoms with E-state index < -0.39 is 10.0 Å². The molecule has 1 aromatic rings. The third-order valence-electron chi connectivity index (χ3n) is 3.61. The summed E-state index contributed by atoms with van der Waals surface area (Å²) in [6.45, 7) is 1.73. The molecule has 0 aliphatic carbocycles. The molecular weight excluding hydrogens is 310 g/mol. The molecule has 21 heavy (non-hydrogen) atoms. The molecule has 1 aliphatic rings. The largest absolute Gasteiger partial charge is 0.382 e. The number of hydrogen-bond donors (Lipinski definition) is 1. The van der Waals surface area contributed by atoms with Gasteiger partial charge in [-0.05, 0) is 38.5 Å². The highest BCUT2D eigenvalue weighted by Crippen LogP contribution is 2.39. The van der Waals surface area contributed by atoms with E-state index in [0.29, 0.717) is 11.0 Å². The van der Waals surface area contributed by atoms with Gasteiger partial charge in [-0.15, -0.1) is 0 Å². The summed E-state index contributed by atoms with van der Waals surface area (Å²) in [7, 11) is 3.49. The average molecular weight is 333 g/mol. The second kappa shape index (κ2) is 6.07. The second-order valence-corrected chi connectivity index (χ2v) is 8.58. The number of aromatic nitrogens is 1. The van der Waals surface area contributed by atoms with E-state index in [1.54, 1.807) is 0 Å². The molecule has 1 saturated heterocycles. The Morgan fingerprint density at radius 2 is 2.05 bits per heavy atom. The molecular formula is C12H23N5O2S2. The first-order valence-corrected chi connectivity index (χ1v) is 9.05. The Kier molecular flexibility index (Phi) is 4.76. The fourth-order valence-corrected chi connectivity index (χ4v) is 4.91. The Morgan fingerprint density at radius 1 is 1.38 bits per heavy atom. The van der Waals surface area contributed by atoms with Crippen LogP contribution >= 0.6 is 11.5 Å². The predicted molar refractivity (Wildman–Crippen MR) is 86.3 cm³/mol. The normalized spacial score (nSPS) is 19.9. The van der Waals surface area contributed by atoms with Gasteiger partial charge in [0, 0.05) is 33.2 Å². The van der Waals surface area contributed by atoms with Gasteiger partial charge in [0.25, 0.3) is 0 Å². The van der Waals surface area contributed by atoms with Crippen molar-refractivity contribution in [1.82, 2.24) is 13.6 Å². The molecule has 0 amide bonds. The molecule has 2 rings (SSSR count). The topological polar surface area (TPSA) is 82.8 Å². The van der Waals surface area contributed by atoms with Crippen molar-refractivity contribution in [2.24, 2.45) is 0 Å². The van der Waals surface area contributed by atoms with E-state index in [2.05, 4.69) is 14.2 Å².